The summed E-state index contributed by atoms with van der Waals surface area (Å²) >= 11 is 0. The molecule has 0 radical (unpaired) electrons. The molecule has 0 fully saturated rings. The lowest BCUT2D eigenvalue weighted by Crippen LogP contribution is -2.47. The summed E-state index contributed by atoms with van der Waals surface area (Å²) in [6.07, 6.45) is 4.93. The minimum absolute atomic E-state index is 0.178. The highest BCUT2D eigenvalue weighted by Gasteiger charge is 2.27. The van der Waals surface area contributed by atoms with Crippen molar-refractivity contribution in [2.45, 2.75) is 45.8 Å². The van der Waals surface area contributed by atoms with Crippen LogP contribution in [0.3, 0.4) is 0 Å². The number of amides is 1. The van der Waals surface area contributed by atoms with Gasteiger partial charge in [0.15, 0.2) is 11.4 Å². The van der Waals surface area contributed by atoms with Crippen LogP contribution in [0.4, 0.5) is 8.78 Å². The van der Waals surface area contributed by atoms with Gasteiger partial charge in [0.25, 0.3) is 5.91 Å². The van der Waals surface area contributed by atoms with Gasteiger partial charge in [-0.15, -0.1) is 0 Å². The molecule has 1 aliphatic carbocycles. The van der Waals surface area contributed by atoms with Crippen LogP contribution in [0, 0.1) is 19.8 Å². The van der Waals surface area contributed by atoms with Crippen molar-refractivity contribution < 1.29 is 18.3 Å². The van der Waals surface area contributed by atoms with E-state index in [1.165, 1.54) is 18.2 Å². The third kappa shape index (κ3) is 4.53. The van der Waals surface area contributed by atoms with Gasteiger partial charge >= 0.3 is 0 Å². The number of hydrogen-bond donors (Lipinski definition) is 2. The van der Waals surface area contributed by atoms with Gasteiger partial charge in [-0.3, -0.25) is 9.20 Å². The molecule has 3 rings (SSSR count). The molecular weight excluding hydrogens is 390 g/mol. The fourth-order valence-corrected chi connectivity index (χ4v) is 3.24. The van der Waals surface area contributed by atoms with Crippen LogP contribution in [-0.2, 0) is 0 Å². The second-order valence-electron chi connectivity index (χ2n) is 8.11. The number of hydrogen-bond acceptors (Lipinski definition) is 4. The van der Waals surface area contributed by atoms with E-state index in [4.69, 9.17) is 10.5 Å². The lowest BCUT2D eigenvalue weighted by atomic mass is 9.98. The first-order valence-electron chi connectivity index (χ1n) is 10.00. The molecule has 6 nitrogen and oxygen atoms in total. The average Bonchev–Trinajstić information content (AvgIpc) is 3.01. The third-order valence-corrected chi connectivity index (χ3v) is 5.38. The maximum atomic E-state index is 14.0. The summed E-state index contributed by atoms with van der Waals surface area (Å²) < 4.78 is 35.4. The number of fused-ring (bicyclic) bond motifs is 1. The van der Waals surface area contributed by atoms with Crippen LogP contribution in [0.25, 0.3) is 5.65 Å². The minimum Gasteiger partial charge on any atom is -0.489 e. The predicted molar refractivity (Wildman–Crippen MR) is 112 cm³/mol. The third-order valence-electron chi connectivity index (χ3n) is 5.38. The molecule has 1 amide bonds. The van der Waals surface area contributed by atoms with Crippen LogP contribution in [0.15, 0.2) is 36.3 Å². The SMILES string of the molecule is CC[C@](C)(N)CNC(=O)c1c(C)nc2c(OCC3C(F)=CC=CC3F)cc(C)cn12. The highest BCUT2D eigenvalue weighted by molar-refractivity contribution is 5.95. The van der Waals surface area contributed by atoms with E-state index in [9.17, 15) is 13.6 Å². The van der Waals surface area contributed by atoms with Crippen molar-refractivity contribution in [2.75, 3.05) is 13.2 Å². The first kappa shape index (κ1) is 22.0. The molecule has 0 spiro atoms. The minimum atomic E-state index is -1.46. The number of pyridine rings is 1. The Morgan fingerprint density at radius 3 is 2.83 bits per heavy atom. The Hall–Kier alpha value is -2.74. The summed E-state index contributed by atoms with van der Waals surface area (Å²) in [7, 11) is 0. The molecule has 2 unspecified atom stereocenters. The predicted octanol–water partition coefficient (Wildman–Crippen LogP) is 3.56. The maximum absolute atomic E-state index is 14.0. The van der Waals surface area contributed by atoms with E-state index in [0.717, 1.165) is 5.56 Å². The number of ether oxygens (including phenoxy) is 1. The molecule has 30 heavy (non-hydrogen) atoms. The molecule has 2 aromatic heterocycles. The van der Waals surface area contributed by atoms with Gasteiger partial charge in [-0.2, -0.15) is 0 Å². The number of aromatic nitrogens is 2. The lowest BCUT2D eigenvalue weighted by Gasteiger charge is -2.23. The molecule has 3 atom stereocenters. The molecule has 2 aromatic rings. The van der Waals surface area contributed by atoms with Crippen LogP contribution in [0.5, 0.6) is 5.75 Å². The molecule has 0 saturated carbocycles. The maximum Gasteiger partial charge on any atom is 0.270 e. The van der Waals surface area contributed by atoms with Crippen molar-refractivity contribution >= 4 is 11.6 Å². The number of carbonyl (C=O) groups is 1. The number of nitrogens with one attached hydrogen (secondary N) is 1. The van der Waals surface area contributed by atoms with Gasteiger partial charge in [-0.25, -0.2) is 13.8 Å². The van der Waals surface area contributed by atoms with E-state index >= 15 is 0 Å². The molecule has 8 heteroatoms. The van der Waals surface area contributed by atoms with Crippen molar-refractivity contribution in [3.8, 4) is 5.75 Å². The number of allylic oxidation sites excluding steroid dienone is 3. The molecule has 0 aliphatic heterocycles. The first-order valence-corrected chi connectivity index (χ1v) is 10.00. The second-order valence-corrected chi connectivity index (χ2v) is 8.11. The largest absolute Gasteiger partial charge is 0.489 e. The number of rotatable bonds is 7. The molecule has 162 valence electrons. The highest BCUT2D eigenvalue weighted by atomic mass is 19.1. The molecule has 0 saturated heterocycles. The van der Waals surface area contributed by atoms with Gasteiger partial charge in [0.2, 0.25) is 0 Å². The summed E-state index contributed by atoms with van der Waals surface area (Å²) in [6, 6.07) is 1.74. The zero-order valence-corrected chi connectivity index (χ0v) is 17.7. The van der Waals surface area contributed by atoms with Gasteiger partial charge in [-0.1, -0.05) is 13.0 Å². The van der Waals surface area contributed by atoms with E-state index in [2.05, 4.69) is 10.3 Å². The van der Waals surface area contributed by atoms with Crippen LogP contribution < -0.4 is 15.8 Å². The quantitative estimate of drug-likeness (QED) is 0.720. The van der Waals surface area contributed by atoms with E-state index in [1.54, 1.807) is 23.6 Å². The summed E-state index contributed by atoms with van der Waals surface area (Å²) in [4.78, 5) is 17.3. The fraction of sp³-hybridized carbons (Fsp3) is 0.455. The van der Waals surface area contributed by atoms with E-state index in [0.29, 0.717) is 35.8 Å². The van der Waals surface area contributed by atoms with Gasteiger partial charge < -0.3 is 15.8 Å². The molecule has 0 aromatic carbocycles. The van der Waals surface area contributed by atoms with Gasteiger partial charge in [0.05, 0.1) is 11.6 Å². The topological polar surface area (TPSA) is 81.6 Å². The number of aryl methyl sites for hydroxylation is 2. The van der Waals surface area contributed by atoms with Crippen LogP contribution >= 0.6 is 0 Å². The number of imidazole rings is 1. The van der Waals surface area contributed by atoms with Gasteiger partial charge in [0.1, 0.15) is 24.3 Å². The van der Waals surface area contributed by atoms with Gasteiger partial charge in [-0.05, 0) is 51.0 Å². The molecule has 3 N–H and O–H groups in total. The Morgan fingerprint density at radius 1 is 1.43 bits per heavy atom. The van der Waals surface area contributed by atoms with Crippen molar-refractivity contribution in [2.24, 2.45) is 11.7 Å². The Balaban J connectivity index is 1.87. The van der Waals surface area contributed by atoms with Crippen LogP contribution in [0.2, 0.25) is 0 Å². The summed E-state index contributed by atoms with van der Waals surface area (Å²) in [5.74, 6) is -1.50. The summed E-state index contributed by atoms with van der Waals surface area (Å²) in [5, 5.41) is 2.86. The lowest BCUT2D eigenvalue weighted by molar-refractivity contribution is 0.0937. The standard InChI is InChI=1S/C22H28F2N4O2/c1-5-22(4,25)12-26-21(29)19-14(3)27-20-18(9-13(2)10-28(19)20)30-11-15-16(23)7-6-8-17(15)24/h6-10,15-16H,5,11-12,25H2,1-4H3,(H,26,29)/t15?,16?,22-/m0/s1. The smallest absolute Gasteiger partial charge is 0.270 e. The molecule has 2 heterocycles. The molecule has 0 bridgehead atoms. The Kier molecular flexibility index (Phi) is 6.26. The van der Waals surface area contributed by atoms with E-state index < -0.39 is 23.5 Å². The Bertz CT molecular complexity index is 1010. The zero-order chi connectivity index (χ0) is 22.1. The second kappa shape index (κ2) is 8.55. The summed E-state index contributed by atoms with van der Waals surface area (Å²) in [5.41, 5.74) is 7.74. The zero-order valence-electron chi connectivity index (χ0n) is 17.7. The number of alkyl halides is 1. The number of carbonyl (C=O) groups excluding carboxylic acids is 1. The molecular formula is C22H28F2N4O2. The number of nitrogens with zero attached hydrogens (tertiary/aromatic N) is 2. The number of halogens is 2. The van der Waals surface area contributed by atoms with Gasteiger partial charge in [0, 0.05) is 18.3 Å². The van der Waals surface area contributed by atoms with E-state index in [-0.39, 0.29) is 12.5 Å². The highest BCUT2D eigenvalue weighted by Crippen LogP contribution is 2.28. The van der Waals surface area contributed by atoms with Crippen molar-refractivity contribution in [1.82, 2.24) is 14.7 Å². The van der Waals surface area contributed by atoms with E-state index in [1.807, 2.05) is 20.8 Å². The van der Waals surface area contributed by atoms with Crippen molar-refractivity contribution in [1.29, 1.82) is 0 Å². The van der Waals surface area contributed by atoms with Crippen molar-refractivity contribution in [3.63, 3.8) is 0 Å². The normalized spacial score (nSPS) is 20.7. The number of nitrogens with two attached hydrogens (primary N) is 1. The average molecular weight is 418 g/mol. The molecule has 1 aliphatic rings. The Morgan fingerprint density at radius 2 is 2.17 bits per heavy atom. The van der Waals surface area contributed by atoms with Crippen molar-refractivity contribution in [3.05, 3.63) is 53.3 Å². The van der Waals surface area contributed by atoms with Crippen LogP contribution in [-0.4, -0.2) is 40.2 Å². The monoisotopic (exact) mass is 418 g/mol. The summed E-state index contributed by atoms with van der Waals surface area (Å²) in [6.45, 7) is 7.55. The Labute approximate surface area is 174 Å². The fourth-order valence-electron chi connectivity index (χ4n) is 3.24. The first-order chi connectivity index (χ1) is 14.1. The van der Waals surface area contributed by atoms with Crippen LogP contribution in [0.1, 0.15) is 42.0 Å².